The summed E-state index contributed by atoms with van der Waals surface area (Å²) in [4.78, 5) is 23.4. The number of ether oxygens (including phenoxy) is 1. The number of thioether (sulfide) groups is 1. The molecule has 0 aliphatic rings. The predicted molar refractivity (Wildman–Crippen MR) is 74.3 cm³/mol. The molecule has 108 valence electrons. The van der Waals surface area contributed by atoms with Gasteiger partial charge in [0.2, 0.25) is 0 Å². The maximum atomic E-state index is 11.9. The molecular weight excluding hydrogens is 266 g/mol. The Morgan fingerprint density at radius 3 is 2.68 bits per heavy atom. The second-order valence-corrected chi connectivity index (χ2v) is 6.56. The van der Waals surface area contributed by atoms with E-state index in [1.807, 2.05) is 27.7 Å². The van der Waals surface area contributed by atoms with Crippen LogP contribution in [0.4, 0.5) is 0 Å². The molecule has 6 nitrogen and oxygen atoms in total. The van der Waals surface area contributed by atoms with Crippen molar-refractivity contribution in [2.45, 2.75) is 63.6 Å². The Labute approximate surface area is 116 Å². The summed E-state index contributed by atoms with van der Waals surface area (Å²) in [7, 11) is 0. The topological polar surface area (TPSA) is 77.0 Å². The van der Waals surface area contributed by atoms with Crippen LogP contribution in [0.25, 0.3) is 0 Å². The van der Waals surface area contributed by atoms with Crippen LogP contribution in [0, 0.1) is 0 Å². The molecule has 1 unspecified atom stereocenters. The minimum Gasteiger partial charge on any atom is -0.459 e. The average molecular weight is 287 g/mol. The van der Waals surface area contributed by atoms with Crippen LogP contribution in [0.1, 0.15) is 41.0 Å². The SMILES string of the molecule is CCCn1c(SC(C)C(=O)OC(C)(C)C)n[nH]c1=O. The number of rotatable bonds is 5. The number of carbonyl (C=O) groups excluding carboxylic acids is 1. The van der Waals surface area contributed by atoms with Crippen molar-refractivity contribution >= 4 is 17.7 Å². The van der Waals surface area contributed by atoms with Crippen molar-refractivity contribution in [1.29, 1.82) is 0 Å². The van der Waals surface area contributed by atoms with Crippen molar-refractivity contribution in [3.8, 4) is 0 Å². The van der Waals surface area contributed by atoms with Crippen LogP contribution in [-0.4, -0.2) is 31.6 Å². The number of nitrogens with zero attached hydrogens (tertiary/aromatic N) is 2. The minimum atomic E-state index is -0.513. The lowest BCUT2D eigenvalue weighted by molar-refractivity contribution is -0.153. The van der Waals surface area contributed by atoms with Crippen LogP contribution in [-0.2, 0) is 16.1 Å². The maximum absolute atomic E-state index is 11.9. The molecule has 0 fully saturated rings. The molecule has 1 rings (SSSR count). The van der Waals surface area contributed by atoms with Gasteiger partial charge in [-0.2, -0.15) is 0 Å². The van der Waals surface area contributed by atoms with Crippen LogP contribution in [0.2, 0.25) is 0 Å². The van der Waals surface area contributed by atoms with Crippen LogP contribution < -0.4 is 5.69 Å². The highest BCUT2D eigenvalue weighted by Gasteiger charge is 2.24. The first-order valence-electron chi connectivity index (χ1n) is 6.29. The molecule has 0 radical (unpaired) electrons. The van der Waals surface area contributed by atoms with E-state index >= 15 is 0 Å². The minimum absolute atomic E-state index is 0.249. The predicted octanol–water partition coefficient (Wildman–Crippen LogP) is 1.80. The van der Waals surface area contributed by atoms with Gasteiger partial charge in [0.05, 0.1) is 0 Å². The van der Waals surface area contributed by atoms with Gasteiger partial charge >= 0.3 is 11.7 Å². The van der Waals surface area contributed by atoms with Crippen molar-refractivity contribution in [2.24, 2.45) is 0 Å². The third-order valence-electron chi connectivity index (χ3n) is 2.19. The van der Waals surface area contributed by atoms with E-state index in [-0.39, 0.29) is 11.7 Å². The summed E-state index contributed by atoms with van der Waals surface area (Å²) in [6.07, 6.45) is 0.827. The number of aromatic amines is 1. The van der Waals surface area contributed by atoms with Crippen molar-refractivity contribution in [3.63, 3.8) is 0 Å². The molecule has 1 heterocycles. The molecule has 7 heteroatoms. The Kier molecular flexibility index (Phi) is 5.22. The third-order valence-corrected chi connectivity index (χ3v) is 3.26. The van der Waals surface area contributed by atoms with Crippen molar-refractivity contribution in [3.05, 3.63) is 10.5 Å². The highest BCUT2D eigenvalue weighted by molar-refractivity contribution is 8.00. The van der Waals surface area contributed by atoms with E-state index in [9.17, 15) is 9.59 Å². The number of H-pyrrole nitrogens is 1. The Bertz CT molecular complexity index is 487. The van der Waals surface area contributed by atoms with E-state index in [4.69, 9.17) is 4.74 Å². The third kappa shape index (κ3) is 4.74. The number of esters is 1. The molecule has 0 spiro atoms. The summed E-state index contributed by atoms with van der Waals surface area (Å²) in [6, 6.07) is 0. The first kappa shape index (κ1) is 15.8. The molecule has 0 saturated carbocycles. The maximum Gasteiger partial charge on any atom is 0.343 e. The van der Waals surface area contributed by atoms with Crippen LogP contribution in [0.15, 0.2) is 9.95 Å². The monoisotopic (exact) mass is 287 g/mol. The fourth-order valence-corrected chi connectivity index (χ4v) is 2.27. The number of nitrogens with one attached hydrogen (secondary N) is 1. The summed E-state index contributed by atoms with van der Waals surface area (Å²) in [5, 5.41) is 6.44. The van der Waals surface area contributed by atoms with Crippen LogP contribution in [0.5, 0.6) is 0 Å². The molecule has 1 N–H and O–H groups in total. The molecule has 0 bridgehead atoms. The van der Waals surface area contributed by atoms with Gasteiger partial charge in [0, 0.05) is 6.54 Å². The molecule has 0 saturated heterocycles. The summed E-state index contributed by atoms with van der Waals surface area (Å²) in [5.74, 6) is -0.309. The fraction of sp³-hybridized carbons (Fsp3) is 0.750. The van der Waals surface area contributed by atoms with Gasteiger partial charge < -0.3 is 4.74 Å². The number of hydrogen-bond donors (Lipinski definition) is 1. The van der Waals surface area contributed by atoms with E-state index in [1.54, 1.807) is 6.92 Å². The van der Waals surface area contributed by atoms with Crippen molar-refractivity contribution in [1.82, 2.24) is 14.8 Å². The van der Waals surface area contributed by atoms with Crippen molar-refractivity contribution in [2.75, 3.05) is 0 Å². The highest BCUT2D eigenvalue weighted by Crippen LogP contribution is 2.22. The zero-order valence-corrected chi connectivity index (χ0v) is 12.8. The molecule has 1 aromatic heterocycles. The van der Waals surface area contributed by atoms with Gasteiger partial charge in [0.15, 0.2) is 5.16 Å². The lowest BCUT2D eigenvalue weighted by atomic mass is 10.2. The van der Waals surface area contributed by atoms with Crippen molar-refractivity contribution < 1.29 is 9.53 Å². The lowest BCUT2D eigenvalue weighted by Gasteiger charge is -2.21. The quantitative estimate of drug-likeness (QED) is 0.660. The van der Waals surface area contributed by atoms with E-state index < -0.39 is 10.9 Å². The van der Waals surface area contributed by atoms with Gasteiger partial charge in [-0.3, -0.25) is 9.36 Å². The van der Waals surface area contributed by atoms with E-state index in [0.29, 0.717) is 11.7 Å². The van der Waals surface area contributed by atoms with Crippen LogP contribution in [0.3, 0.4) is 0 Å². The summed E-state index contributed by atoms with van der Waals surface area (Å²) in [5.41, 5.74) is -0.763. The van der Waals surface area contributed by atoms with E-state index in [1.165, 1.54) is 16.3 Å². The second-order valence-electron chi connectivity index (χ2n) is 5.26. The number of hydrogen-bond acceptors (Lipinski definition) is 5. The van der Waals surface area contributed by atoms with E-state index in [2.05, 4.69) is 10.2 Å². The van der Waals surface area contributed by atoms with Gasteiger partial charge in [0.25, 0.3) is 0 Å². The summed E-state index contributed by atoms with van der Waals surface area (Å²) >= 11 is 1.23. The average Bonchev–Trinajstić information content (AvgIpc) is 2.59. The lowest BCUT2D eigenvalue weighted by Crippen LogP contribution is -2.29. The molecule has 1 atom stereocenters. The second kappa shape index (κ2) is 6.27. The van der Waals surface area contributed by atoms with Gasteiger partial charge in [-0.1, -0.05) is 18.7 Å². The molecule has 0 aliphatic carbocycles. The Morgan fingerprint density at radius 2 is 2.16 bits per heavy atom. The molecule has 0 aliphatic heterocycles. The molecular formula is C12H21N3O3S. The normalized spacial score (nSPS) is 13.3. The van der Waals surface area contributed by atoms with Gasteiger partial charge in [-0.15, -0.1) is 5.10 Å². The molecule has 1 aromatic rings. The summed E-state index contributed by atoms with van der Waals surface area (Å²) < 4.78 is 6.83. The largest absolute Gasteiger partial charge is 0.459 e. The fourth-order valence-electron chi connectivity index (χ4n) is 1.40. The Hall–Kier alpha value is -1.24. The standard InChI is InChI=1S/C12H21N3O3S/c1-6-7-15-10(17)13-14-11(15)19-8(2)9(16)18-12(3,4)5/h8H,6-7H2,1-5H3,(H,13,17). The molecule has 19 heavy (non-hydrogen) atoms. The first-order valence-corrected chi connectivity index (χ1v) is 7.17. The van der Waals surface area contributed by atoms with Gasteiger partial charge in [-0.25, -0.2) is 9.89 Å². The number of aromatic nitrogens is 3. The highest BCUT2D eigenvalue weighted by atomic mass is 32.2. The van der Waals surface area contributed by atoms with Crippen LogP contribution >= 0.6 is 11.8 Å². The van der Waals surface area contributed by atoms with Gasteiger partial charge in [0.1, 0.15) is 10.9 Å². The molecule has 0 amide bonds. The summed E-state index contributed by atoms with van der Waals surface area (Å²) in [6.45, 7) is 9.77. The molecule has 0 aromatic carbocycles. The smallest absolute Gasteiger partial charge is 0.343 e. The zero-order valence-electron chi connectivity index (χ0n) is 12.0. The van der Waals surface area contributed by atoms with Gasteiger partial charge in [-0.05, 0) is 34.1 Å². The Morgan fingerprint density at radius 1 is 1.53 bits per heavy atom. The zero-order chi connectivity index (χ0) is 14.6. The Balaban J connectivity index is 2.74. The van der Waals surface area contributed by atoms with E-state index in [0.717, 1.165) is 6.42 Å². The first-order chi connectivity index (χ1) is 8.74. The number of carbonyl (C=O) groups is 1.